The summed E-state index contributed by atoms with van der Waals surface area (Å²) in [6.45, 7) is 15.5. The average molecular weight is 661 g/mol. The van der Waals surface area contributed by atoms with Crippen LogP contribution in [0.5, 0.6) is 11.5 Å². The fraction of sp³-hybridized carbons (Fsp3) is 0.556. The van der Waals surface area contributed by atoms with Crippen LogP contribution in [0.25, 0.3) is 17.1 Å². The number of rotatable bonds is 13. The van der Waals surface area contributed by atoms with E-state index in [1.807, 2.05) is 38.1 Å². The summed E-state index contributed by atoms with van der Waals surface area (Å²) in [6, 6.07) is 11.2. The number of aromatic nitrogens is 3. The summed E-state index contributed by atoms with van der Waals surface area (Å²) < 4.78 is 1.67. The highest BCUT2D eigenvalue weighted by molar-refractivity contribution is 5.92. The molecule has 2 fully saturated rings. The monoisotopic (exact) mass is 660 g/mol. The van der Waals surface area contributed by atoms with E-state index in [9.17, 15) is 19.8 Å². The van der Waals surface area contributed by atoms with Crippen molar-refractivity contribution in [3.8, 4) is 28.6 Å². The second kappa shape index (κ2) is 15.9. The van der Waals surface area contributed by atoms with Gasteiger partial charge in [-0.2, -0.15) is 0 Å². The van der Waals surface area contributed by atoms with Crippen LogP contribution in [0.3, 0.4) is 0 Å². The number of carbonyl (C=O) groups excluding carboxylic acids is 2. The Labute approximate surface area is 284 Å². The number of hydrogen-bond donors (Lipinski definition) is 4. The minimum absolute atomic E-state index is 0.00217. The summed E-state index contributed by atoms with van der Waals surface area (Å²) in [5, 5.41) is 36.3. The van der Waals surface area contributed by atoms with Crippen LogP contribution in [0.15, 0.2) is 36.4 Å². The molecule has 2 aromatic carbocycles. The zero-order chi connectivity index (χ0) is 34.4. The Morgan fingerprint density at radius 2 is 1.69 bits per heavy atom. The van der Waals surface area contributed by atoms with Crippen molar-refractivity contribution in [1.29, 1.82) is 0 Å². The van der Waals surface area contributed by atoms with Crippen molar-refractivity contribution in [2.75, 3.05) is 59.4 Å². The first-order chi connectivity index (χ1) is 23.1. The maximum Gasteiger partial charge on any atom is 0.289 e. The lowest BCUT2D eigenvalue weighted by Gasteiger charge is -2.32. The molecular weight excluding hydrogens is 608 g/mol. The molecule has 0 bridgehead atoms. The third-order valence-electron chi connectivity index (χ3n) is 9.78. The first-order valence-electron chi connectivity index (χ1n) is 17.4. The molecule has 0 radical (unpaired) electrons. The van der Waals surface area contributed by atoms with Crippen molar-refractivity contribution in [2.24, 2.45) is 5.92 Å². The Kier molecular flexibility index (Phi) is 11.7. The maximum absolute atomic E-state index is 13.5. The molecule has 2 saturated heterocycles. The lowest BCUT2D eigenvalue weighted by Crippen LogP contribution is -2.44. The lowest BCUT2D eigenvalue weighted by atomic mass is 9.95. The average Bonchev–Trinajstić information content (AvgIpc) is 3.69. The van der Waals surface area contributed by atoms with Gasteiger partial charge >= 0.3 is 0 Å². The van der Waals surface area contributed by atoms with Gasteiger partial charge in [-0.3, -0.25) is 19.1 Å². The van der Waals surface area contributed by atoms with Gasteiger partial charge in [0.2, 0.25) is 11.7 Å². The van der Waals surface area contributed by atoms with Gasteiger partial charge in [0.25, 0.3) is 5.91 Å². The second-order valence-corrected chi connectivity index (χ2v) is 13.5. The number of amides is 2. The normalized spacial score (nSPS) is 17.8. The first-order valence-corrected chi connectivity index (χ1v) is 17.4. The highest BCUT2D eigenvalue weighted by Crippen LogP contribution is 2.38. The molecule has 12 heteroatoms. The van der Waals surface area contributed by atoms with E-state index in [1.165, 1.54) is 6.07 Å². The summed E-state index contributed by atoms with van der Waals surface area (Å²) >= 11 is 0. The molecule has 1 atom stereocenters. The predicted molar refractivity (Wildman–Crippen MR) is 186 cm³/mol. The highest BCUT2D eigenvalue weighted by Gasteiger charge is 2.29. The summed E-state index contributed by atoms with van der Waals surface area (Å²) in [7, 11) is 2.09. The number of benzene rings is 2. The first kappa shape index (κ1) is 35.3. The van der Waals surface area contributed by atoms with Crippen molar-refractivity contribution in [1.82, 2.24) is 40.1 Å². The molecule has 12 nitrogen and oxygen atoms in total. The summed E-state index contributed by atoms with van der Waals surface area (Å²) in [5.74, 6) is 0.158. The third-order valence-corrected chi connectivity index (χ3v) is 9.78. The number of hydrogen-bond acceptors (Lipinski definition) is 9. The summed E-state index contributed by atoms with van der Waals surface area (Å²) in [5.41, 5.74) is 2.83. The third kappa shape index (κ3) is 8.34. The largest absolute Gasteiger partial charge is 0.508 e. The van der Waals surface area contributed by atoms with Crippen LogP contribution in [-0.4, -0.2) is 117 Å². The number of carbonyl (C=O) groups is 2. The highest BCUT2D eigenvalue weighted by atomic mass is 16.3. The van der Waals surface area contributed by atoms with Gasteiger partial charge in [0.15, 0.2) is 5.82 Å². The molecule has 1 aromatic heterocycles. The molecule has 0 aliphatic carbocycles. The molecule has 3 heterocycles. The lowest BCUT2D eigenvalue weighted by molar-refractivity contribution is -0.127. The number of nitrogens with one attached hydrogen (secondary N) is 2. The van der Waals surface area contributed by atoms with Crippen molar-refractivity contribution in [3.05, 3.63) is 53.3 Å². The molecule has 0 spiro atoms. The van der Waals surface area contributed by atoms with E-state index < -0.39 is 0 Å². The number of aromatic hydroxyl groups is 2. The van der Waals surface area contributed by atoms with Crippen molar-refractivity contribution >= 4 is 11.8 Å². The van der Waals surface area contributed by atoms with E-state index in [2.05, 4.69) is 56.4 Å². The summed E-state index contributed by atoms with van der Waals surface area (Å²) in [6.07, 6.45) is 2.71. The number of phenolic OH excluding ortho intramolecular Hbond substituents is 2. The van der Waals surface area contributed by atoms with Crippen LogP contribution in [0.1, 0.15) is 74.6 Å². The van der Waals surface area contributed by atoms with E-state index >= 15 is 0 Å². The molecule has 3 aromatic rings. The molecule has 2 aliphatic rings. The quantitative estimate of drug-likeness (QED) is 0.217. The van der Waals surface area contributed by atoms with Gasteiger partial charge in [0, 0.05) is 49.9 Å². The van der Waals surface area contributed by atoms with Crippen LogP contribution in [-0.2, 0) is 11.3 Å². The molecule has 0 saturated carbocycles. The molecule has 2 amide bonds. The number of phenols is 2. The number of piperidine rings is 1. The minimum Gasteiger partial charge on any atom is -0.508 e. The van der Waals surface area contributed by atoms with Crippen LogP contribution >= 0.6 is 0 Å². The SMILES string of the molecule is CCN(CC)CCNC(=O)c1nnc(-c2cc(C(C)C)c(O)cc2O)n1-c1ccc(CN2CCC(C(=O)NC3CCN(C)C3)CC2)cc1. The molecule has 260 valence electrons. The Bertz CT molecular complexity index is 1540. The molecular formula is C36H52N8O4. The number of nitrogens with zero attached hydrogens (tertiary/aromatic N) is 6. The molecule has 4 N–H and O–H groups in total. The minimum atomic E-state index is -0.362. The van der Waals surface area contributed by atoms with Gasteiger partial charge in [0.1, 0.15) is 11.5 Å². The Balaban J connectivity index is 1.32. The standard InChI is InChI=1S/C36H52N8O4/c1-6-42(7-2)19-15-37-36(48)34-40-39-33(30-20-29(24(3)4)31(45)21-32(30)46)44(34)28-10-8-25(9-11-28)22-43-17-12-26(13-18-43)35(47)38-27-14-16-41(5)23-27/h8-11,20-21,24,26-27,45-46H,6-7,12-19,22-23H2,1-5H3,(H,37,48)(H,38,47). The topological polar surface area (TPSA) is 139 Å². The zero-order valence-electron chi connectivity index (χ0n) is 29.1. The Morgan fingerprint density at radius 3 is 2.31 bits per heavy atom. The zero-order valence-corrected chi connectivity index (χ0v) is 29.1. The van der Waals surface area contributed by atoms with Crippen LogP contribution in [0.4, 0.5) is 0 Å². The van der Waals surface area contributed by atoms with Gasteiger partial charge in [-0.15, -0.1) is 10.2 Å². The van der Waals surface area contributed by atoms with E-state index in [4.69, 9.17) is 0 Å². The van der Waals surface area contributed by atoms with E-state index in [0.717, 1.165) is 70.6 Å². The fourth-order valence-electron chi connectivity index (χ4n) is 6.77. The number of likely N-dealkylation sites (tertiary alicyclic amines) is 2. The van der Waals surface area contributed by atoms with Gasteiger partial charge in [-0.05, 0) is 94.3 Å². The second-order valence-electron chi connectivity index (χ2n) is 13.5. The van der Waals surface area contributed by atoms with Crippen molar-refractivity contribution in [3.63, 3.8) is 0 Å². The Morgan fingerprint density at radius 1 is 0.979 bits per heavy atom. The van der Waals surface area contributed by atoms with Gasteiger partial charge < -0.3 is 30.6 Å². The summed E-state index contributed by atoms with van der Waals surface area (Å²) in [4.78, 5) is 33.2. The van der Waals surface area contributed by atoms with Crippen LogP contribution in [0, 0.1) is 5.92 Å². The van der Waals surface area contributed by atoms with E-state index in [1.54, 1.807) is 10.6 Å². The van der Waals surface area contributed by atoms with Crippen molar-refractivity contribution in [2.45, 2.75) is 65.5 Å². The van der Waals surface area contributed by atoms with E-state index in [-0.39, 0.29) is 47.0 Å². The van der Waals surface area contributed by atoms with Crippen LogP contribution in [0.2, 0.25) is 0 Å². The number of likely N-dealkylation sites (N-methyl/N-ethyl adjacent to an activating group) is 2. The molecule has 1 unspecified atom stereocenters. The smallest absolute Gasteiger partial charge is 0.289 e. The molecule has 48 heavy (non-hydrogen) atoms. The van der Waals surface area contributed by atoms with Gasteiger partial charge in [-0.1, -0.05) is 39.8 Å². The maximum atomic E-state index is 13.5. The Hall–Kier alpha value is -4.00. The fourth-order valence-corrected chi connectivity index (χ4v) is 6.77. The van der Waals surface area contributed by atoms with Crippen LogP contribution < -0.4 is 10.6 Å². The van der Waals surface area contributed by atoms with Gasteiger partial charge in [0.05, 0.1) is 5.56 Å². The van der Waals surface area contributed by atoms with Crippen molar-refractivity contribution < 1.29 is 19.8 Å². The predicted octanol–water partition coefficient (Wildman–Crippen LogP) is 3.57. The van der Waals surface area contributed by atoms with E-state index in [0.29, 0.717) is 35.7 Å². The van der Waals surface area contributed by atoms with Gasteiger partial charge in [-0.25, -0.2) is 0 Å². The molecule has 2 aliphatic heterocycles. The molecule has 5 rings (SSSR count).